The predicted octanol–water partition coefficient (Wildman–Crippen LogP) is 3.21. The summed E-state index contributed by atoms with van der Waals surface area (Å²) < 4.78 is 12.6. The number of nitrogens with one attached hydrogen (secondary N) is 1. The minimum Gasteiger partial charge on any atom is -0.321 e. The maximum absolute atomic E-state index is 12.6. The summed E-state index contributed by atoms with van der Waals surface area (Å²) in [6.07, 6.45) is 1.26. The lowest BCUT2D eigenvalue weighted by Crippen LogP contribution is -2.12. The summed E-state index contributed by atoms with van der Waals surface area (Å²) in [5.74, 6) is -0.451. The molecule has 0 saturated carbocycles. The van der Waals surface area contributed by atoms with Crippen LogP contribution < -0.4 is 5.32 Å². The second kappa shape index (κ2) is 5.60. The lowest BCUT2D eigenvalue weighted by atomic mass is 10.1. The van der Waals surface area contributed by atoms with Crippen LogP contribution in [0.25, 0.3) is 0 Å². The summed E-state index contributed by atoms with van der Waals surface area (Å²) >= 11 is 5.66. The van der Waals surface area contributed by atoms with Gasteiger partial charge in [-0.15, -0.1) is 11.6 Å². The van der Waals surface area contributed by atoms with Crippen LogP contribution in [0.2, 0.25) is 0 Å². The minimum atomic E-state index is -0.584. The fraction of sp³-hybridized carbons (Fsp3) is 0.0769. The molecule has 0 unspecified atom stereocenters. The van der Waals surface area contributed by atoms with Gasteiger partial charge in [0, 0.05) is 11.4 Å². The minimum absolute atomic E-state index is 0.274. The lowest BCUT2D eigenvalue weighted by Gasteiger charge is -2.05. The van der Waals surface area contributed by atoms with Crippen LogP contribution in [0.3, 0.4) is 0 Å². The van der Waals surface area contributed by atoms with Crippen LogP contribution in [0, 0.1) is 5.95 Å². The van der Waals surface area contributed by atoms with E-state index in [0.29, 0.717) is 17.1 Å². The molecule has 2 aromatic rings. The van der Waals surface area contributed by atoms with Gasteiger partial charge in [0.1, 0.15) is 0 Å². The first-order valence-electron chi connectivity index (χ1n) is 5.27. The maximum Gasteiger partial charge on any atom is 0.255 e. The molecule has 0 spiro atoms. The van der Waals surface area contributed by atoms with Crippen molar-refractivity contribution in [3.05, 3.63) is 59.7 Å². The first kappa shape index (κ1) is 12.5. The van der Waals surface area contributed by atoms with Gasteiger partial charge >= 0.3 is 0 Å². The molecule has 1 aromatic heterocycles. The molecular formula is C13H10ClFN2O. The molecule has 0 radical (unpaired) electrons. The molecule has 18 heavy (non-hydrogen) atoms. The number of carbonyl (C=O) groups is 1. The van der Waals surface area contributed by atoms with Crippen LogP contribution in [0.4, 0.5) is 10.1 Å². The van der Waals surface area contributed by atoms with E-state index in [4.69, 9.17) is 11.6 Å². The topological polar surface area (TPSA) is 42.0 Å². The van der Waals surface area contributed by atoms with E-state index < -0.39 is 5.95 Å². The molecule has 0 aliphatic heterocycles. The van der Waals surface area contributed by atoms with Crippen LogP contribution in [-0.2, 0) is 5.88 Å². The van der Waals surface area contributed by atoms with E-state index in [1.807, 2.05) is 0 Å². The monoisotopic (exact) mass is 264 g/mol. The number of pyridine rings is 1. The molecule has 0 fully saturated rings. The third kappa shape index (κ3) is 3.05. The van der Waals surface area contributed by atoms with Gasteiger partial charge in [-0.1, -0.05) is 12.1 Å². The fourth-order valence-corrected chi connectivity index (χ4v) is 1.58. The van der Waals surface area contributed by atoms with E-state index in [-0.39, 0.29) is 5.91 Å². The van der Waals surface area contributed by atoms with Crippen molar-refractivity contribution in [2.24, 2.45) is 0 Å². The van der Waals surface area contributed by atoms with E-state index in [0.717, 1.165) is 5.56 Å². The summed E-state index contributed by atoms with van der Waals surface area (Å²) in [4.78, 5) is 15.3. The van der Waals surface area contributed by atoms with Crippen LogP contribution in [0.15, 0.2) is 42.6 Å². The van der Waals surface area contributed by atoms with Crippen molar-refractivity contribution in [2.75, 3.05) is 5.32 Å². The van der Waals surface area contributed by atoms with Crippen molar-refractivity contribution in [2.45, 2.75) is 5.88 Å². The first-order valence-corrected chi connectivity index (χ1v) is 5.80. The Morgan fingerprint density at radius 3 is 2.50 bits per heavy atom. The number of benzene rings is 1. The van der Waals surface area contributed by atoms with Crippen LogP contribution in [0.1, 0.15) is 15.9 Å². The Morgan fingerprint density at radius 2 is 1.94 bits per heavy atom. The number of nitrogens with zero attached hydrogens (tertiary/aromatic N) is 1. The molecule has 0 aliphatic rings. The summed E-state index contributed by atoms with van der Waals surface area (Å²) in [5.41, 5.74) is 1.90. The molecule has 0 atom stereocenters. The molecule has 1 N–H and O–H groups in total. The van der Waals surface area contributed by atoms with Gasteiger partial charge < -0.3 is 5.32 Å². The second-order valence-corrected chi connectivity index (χ2v) is 3.92. The van der Waals surface area contributed by atoms with Gasteiger partial charge in [0.25, 0.3) is 5.91 Å². The van der Waals surface area contributed by atoms with E-state index >= 15 is 0 Å². The van der Waals surface area contributed by atoms with Gasteiger partial charge in [-0.2, -0.15) is 4.39 Å². The molecule has 1 amide bonds. The van der Waals surface area contributed by atoms with Crippen molar-refractivity contribution in [1.29, 1.82) is 0 Å². The van der Waals surface area contributed by atoms with Crippen molar-refractivity contribution in [3.63, 3.8) is 0 Å². The summed E-state index contributed by atoms with van der Waals surface area (Å²) in [6, 6.07) is 9.57. The molecule has 0 bridgehead atoms. The summed E-state index contributed by atoms with van der Waals surface area (Å²) in [6.45, 7) is 0. The standard InChI is InChI=1S/C13H10ClFN2O/c14-7-9-1-3-10(4-2-9)13(18)17-11-5-6-12(15)16-8-11/h1-6,8H,7H2,(H,17,18). The second-order valence-electron chi connectivity index (χ2n) is 3.65. The van der Waals surface area contributed by atoms with Crippen molar-refractivity contribution < 1.29 is 9.18 Å². The van der Waals surface area contributed by atoms with Gasteiger partial charge in [-0.25, -0.2) is 4.98 Å². The zero-order valence-electron chi connectivity index (χ0n) is 9.36. The molecule has 1 heterocycles. The van der Waals surface area contributed by atoms with Crippen molar-refractivity contribution in [1.82, 2.24) is 4.98 Å². The SMILES string of the molecule is O=C(Nc1ccc(F)nc1)c1ccc(CCl)cc1. The Morgan fingerprint density at radius 1 is 1.22 bits per heavy atom. The highest BCUT2D eigenvalue weighted by Gasteiger charge is 2.06. The number of alkyl halides is 1. The molecule has 92 valence electrons. The normalized spacial score (nSPS) is 10.1. The highest BCUT2D eigenvalue weighted by molar-refractivity contribution is 6.17. The van der Waals surface area contributed by atoms with Crippen molar-refractivity contribution >= 4 is 23.2 Å². The number of hydrogen-bond donors (Lipinski definition) is 1. The van der Waals surface area contributed by atoms with E-state index in [1.54, 1.807) is 24.3 Å². The number of carbonyl (C=O) groups excluding carboxylic acids is 1. The Kier molecular flexibility index (Phi) is 3.89. The largest absolute Gasteiger partial charge is 0.321 e. The lowest BCUT2D eigenvalue weighted by molar-refractivity contribution is 0.102. The number of aromatic nitrogens is 1. The number of hydrogen-bond acceptors (Lipinski definition) is 2. The average molecular weight is 265 g/mol. The molecule has 0 saturated heterocycles. The number of halogens is 2. The molecule has 3 nitrogen and oxygen atoms in total. The number of amides is 1. The third-order valence-electron chi connectivity index (χ3n) is 2.36. The Balaban J connectivity index is 2.09. The quantitative estimate of drug-likeness (QED) is 0.683. The highest BCUT2D eigenvalue weighted by atomic mass is 35.5. The van der Waals surface area contributed by atoms with Crippen LogP contribution in [0.5, 0.6) is 0 Å². The zero-order chi connectivity index (χ0) is 13.0. The van der Waals surface area contributed by atoms with Crippen LogP contribution >= 0.6 is 11.6 Å². The van der Waals surface area contributed by atoms with E-state index in [1.165, 1.54) is 18.3 Å². The molecule has 2 rings (SSSR count). The fourth-order valence-electron chi connectivity index (χ4n) is 1.40. The van der Waals surface area contributed by atoms with Crippen LogP contribution in [-0.4, -0.2) is 10.9 Å². The summed E-state index contributed by atoms with van der Waals surface area (Å²) in [5, 5.41) is 2.62. The smallest absolute Gasteiger partial charge is 0.255 e. The number of rotatable bonds is 3. The average Bonchev–Trinajstić information content (AvgIpc) is 2.41. The van der Waals surface area contributed by atoms with E-state index in [9.17, 15) is 9.18 Å². The summed E-state index contributed by atoms with van der Waals surface area (Å²) in [7, 11) is 0. The van der Waals surface area contributed by atoms with Crippen molar-refractivity contribution in [3.8, 4) is 0 Å². The van der Waals surface area contributed by atoms with Gasteiger partial charge in [0.15, 0.2) is 0 Å². The van der Waals surface area contributed by atoms with Gasteiger partial charge in [0.05, 0.1) is 11.9 Å². The third-order valence-corrected chi connectivity index (χ3v) is 2.66. The maximum atomic E-state index is 12.6. The van der Waals surface area contributed by atoms with Gasteiger partial charge in [-0.3, -0.25) is 4.79 Å². The molecular weight excluding hydrogens is 255 g/mol. The molecule has 0 aliphatic carbocycles. The zero-order valence-corrected chi connectivity index (χ0v) is 10.1. The van der Waals surface area contributed by atoms with Gasteiger partial charge in [0.2, 0.25) is 5.95 Å². The Hall–Kier alpha value is -1.94. The Bertz CT molecular complexity index is 540. The Labute approximate surface area is 109 Å². The van der Waals surface area contributed by atoms with E-state index in [2.05, 4.69) is 10.3 Å². The molecule has 1 aromatic carbocycles. The molecule has 5 heteroatoms. The predicted molar refractivity (Wildman–Crippen MR) is 68.1 cm³/mol. The highest BCUT2D eigenvalue weighted by Crippen LogP contribution is 2.10. The van der Waals surface area contributed by atoms with Gasteiger partial charge in [-0.05, 0) is 29.8 Å². The first-order chi connectivity index (χ1) is 8.69. The number of anilines is 1.